The van der Waals surface area contributed by atoms with Crippen molar-refractivity contribution >= 4 is 5.78 Å². The highest BCUT2D eigenvalue weighted by Crippen LogP contribution is 2.18. The number of aromatic nitrogens is 2. The normalized spacial score (nSPS) is 11.8. The number of hydrogen-bond acceptors (Lipinski definition) is 4. The van der Waals surface area contributed by atoms with Gasteiger partial charge in [0, 0.05) is 12.8 Å². The third kappa shape index (κ3) is 4.55. The van der Waals surface area contributed by atoms with Gasteiger partial charge in [0.1, 0.15) is 5.78 Å². The highest BCUT2D eigenvalue weighted by Gasteiger charge is 2.17. The van der Waals surface area contributed by atoms with Crippen LogP contribution in [0.3, 0.4) is 0 Å². The Hall–Kier alpha value is -1.19. The van der Waals surface area contributed by atoms with Crippen molar-refractivity contribution in [1.82, 2.24) is 10.1 Å². The second-order valence-electron chi connectivity index (χ2n) is 5.31. The Morgan fingerprint density at radius 3 is 2.62 bits per heavy atom. The molecule has 0 saturated carbocycles. The van der Waals surface area contributed by atoms with E-state index in [0.29, 0.717) is 18.1 Å². The molecule has 1 heterocycles. The number of Topliss-reactive ketones (excluding diaryl/α,β-unsaturated/α-hetero) is 1. The molecule has 0 N–H and O–H groups in total. The quantitative estimate of drug-likeness (QED) is 0.771. The molecule has 0 radical (unpaired) electrons. The smallest absolute Gasteiger partial charge is 0.234 e. The van der Waals surface area contributed by atoms with Crippen LogP contribution in [0.4, 0.5) is 0 Å². The lowest BCUT2D eigenvalue weighted by atomic mass is 9.92. The molecular weight excluding hydrogens is 204 g/mol. The lowest BCUT2D eigenvalue weighted by Gasteiger charge is -2.14. The second-order valence-corrected chi connectivity index (χ2v) is 5.31. The van der Waals surface area contributed by atoms with Crippen molar-refractivity contribution in [2.75, 3.05) is 0 Å². The maximum Gasteiger partial charge on any atom is 0.234 e. The summed E-state index contributed by atoms with van der Waals surface area (Å²) in [4.78, 5) is 15.6. The van der Waals surface area contributed by atoms with Crippen molar-refractivity contribution in [1.29, 1.82) is 0 Å². The zero-order chi connectivity index (χ0) is 12.2. The van der Waals surface area contributed by atoms with Gasteiger partial charge in [-0.05, 0) is 11.8 Å². The van der Waals surface area contributed by atoms with E-state index in [-0.39, 0.29) is 17.6 Å². The number of carbonyl (C=O) groups is 1. The molecule has 1 aromatic rings. The molecule has 4 heteroatoms. The molecule has 0 amide bonds. The molecule has 0 saturated heterocycles. The Balaban J connectivity index is 2.55. The number of carbonyl (C=O) groups excluding carboxylic acids is 1. The van der Waals surface area contributed by atoms with E-state index in [9.17, 15) is 4.79 Å². The maximum atomic E-state index is 11.4. The predicted octanol–water partition coefficient (Wildman–Crippen LogP) is 2.57. The van der Waals surface area contributed by atoms with E-state index >= 15 is 0 Å². The monoisotopic (exact) mass is 224 g/mol. The minimum absolute atomic E-state index is 0.134. The minimum Gasteiger partial charge on any atom is -0.339 e. The molecular formula is C12H20N2O2. The Bertz CT molecular complexity index is 350. The fraction of sp³-hybridized carbons (Fsp3) is 0.750. The second kappa shape index (κ2) is 5.23. The molecule has 0 aliphatic rings. The van der Waals surface area contributed by atoms with Crippen LogP contribution in [0.25, 0.3) is 0 Å². The summed E-state index contributed by atoms with van der Waals surface area (Å²) < 4.78 is 5.05. The summed E-state index contributed by atoms with van der Waals surface area (Å²) in [6.07, 6.45) is 2.47. The van der Waals surface area contributed by atoms with Crippen molar-refractivity contribution in [3.8, 4) is 0 Å². The SMILES string of the molecule is CCCC(=O)Cc1nc(CC(C)(C)C)no1. The summed E-state index contributed by atoms with van der Waals surface area (Å²) in [7, 11) is 0. The Kier molecular flexibility index (Phi) is 4.21. The van der Waals surface area contributed by atoms with E-state index in [2.05, 4.69) is 30.9 Å². The van der Waals surface area contributed by atoms with E-state index in [1.165, 1.54) is 0 Å². The zero-order valence-corrected chi connectivity index (χ0v) is 10.5. The summed E-state index contributed by atoms with van der Waals surface area (Å²) in [6, 6.07) is 0. The van der Waals surface area contributed by atoms with Crippen molar-refractivity contribution in [2.24, 2.45) is 5.41 Å². The summed E-state index contributed by atoms with van der Waals surface area (Å²) in [6.45, 7) is 8.33. The van der Waals surface area contributed by atoms with Crippen LogP contribution in [0, 0.1) is 5.41 Å². The average Bonchev–Trinajstić information content (AvgIpc) is 2.49. The van der Waals surface area contributed by atoms with E-state index in [1.807, 2.05) is 6.92 Å². The Morgan fingerprint density at radius 2 is 2.06 bits per heavy atom. The van der Waals surface area contributed by atoms with E-state index in [4.69, 9.17) is 4.52 Å². The van der Waals surface area contributed by atoms with E-state index < -0.39 is 0 Å². The molecule has 1 aromatic heterocycles. The fourth-order valence-electron chi connectivity index (χ4n) is 1.44. The summed E-state index contributed by atoms with van der Waals surface area (Å²) in [5.41, 5.74) is 0.134. The molecule has 4 nitrogen and oxygen atoms in total. The molecule has 0 unspecified atom stereocenters. The zero-order valence-electron chi connectivity index (χ0n) is 10.5. The van der Waals surface area contributed by atoms with Gasteiger partial charge in [0.15, 0.2) is 5.82 Å². The molecule has 0 fully saturated rings. The van der Waals surface area contributed by atoms with Gasteiger partial charge in [0.2, 0.25) is 5.89 Å². The molecule has 0 aromatic carbocycles. The molecule has 0 aliphatic heterocycles. The lowest BCUT2D eigenvalue weighted by molar-refractivity contribution is -0.118. The van der Waals surface area contributed by atoms with Crippen molar-refractivity contribution < 1.29 is 9.32 Å². The third-order valence-corrected chi connectivity index (χ3v) is 2.08. The van der Waals surface area contributed by atoms with Gasteiger partial charge in [-0.25, -0.2) is 0 Å². The number of hydrogen-bond donors (Lipinski definition) is 0. The van der Waals surface area contributed by atoms with Crippen LogP contribution >= 0.6 is 0 Å². The average molecular weight is 224 g/mol. The highest BCUT2D eigenvalue weighted by atomic mass is 16.5. The van der Waals surface area contributed by atoms with Crippen molar-refractivity contribution in [2.45, 2.75) is 53.4 Å². The van der Waals surface area contributed by atoms with Gasteiger partial charge in [0.25, 0.3) is 0 Å². The molecule has 0 bridgehead atoms. The van der Waals surface area contributed by atoms with Gasteiger partial charge in [-0.2, -0.15) is 4.98 Å². The van der Waals surface area contributed by atoms with Crippen molar-refractivity contribution in [3.63, 3.8) is 0 Å². The molecule has 0 spiro atoms. The van der Waals surface area contributed by atoms with E-state index in [1.54, 1.807) is 0 Å². The summed E-state index contributed by atoms with van der Waals surface area (Å²) >= 11 is 0. The maximum absolute atomic E-state index is 11.4. The largest absolute Gasteiger partial charge is 0.339 e. The van der Waals surface area contributed by atoms with Gasteiger partial charge in [-0.3, -0.25) is 4.79 Å². The van der Waals surface area contributed by atoms with Crippen LogP contribution in [0.5, 0.6) is 0 Å². The van der Waals surface area contributed by atoms with Crippen LogP contribution in [0.2, 0.25) is 0 Å². The van der Waals surface area contributed by atoms with Crippen LogP contribution in [0.15, 0.2) is 4.52 Å². The first-order chi connectivity index (χ1) is 7.40. The lowest BCUT2D eigenvalue weighted by Crippen LogP contribution is -2.10. The first-order valence-corrected chi connectivity index (χ1v) is 5.74. The first kappa shape index (κ1) is 12.9. The molecule has 0 atom stereocenters. The number of nitrogens with zero attached hydrogens (tertiary/aromatic N) is 2. The van der Waals surface area contributed by atoms with Crippen LogP contribution < -0.4 is 0 Å². The Labute approximate surface area is 96.4 Å². The van der Waals surface area contributed by atoms with Gasteiger partial charge >= 0.3 is 0 Å². The van der Waals surface area contributed by atoms with Gasteiger partial charge in [-0.15, -0.1) is 0 Å². The number of rotatable bonds is 5. The molecule has 90 valence electrons. The van der Waals surface area contributed by atoms with Gasteiger partial charge < -0.3 is 4.52 Å². The fourth-order valence-corrected chi connectivity index (χ4v) is 1.44. The highest BCUT2D eigenvalue weighted by molar-refractivity contribution is 5.79. The van der Waals surface area contributed by atoms with Gasteiger partial charge in [0.05, 0.1) is 6.42 Å². The molecule has 16 heavy (non-hydrogen) atoms. The van der Waals surface area contributed by atoms with E-state index in [0.717, 1.165) is 12.8 Å². The topological polar surface area (TPSA) is 56.0 Å². The third-order valence-electron chi connectivity index (χ3n) is 2.08. The Morgan fingerprint density at radius 1 is 1.38 bits per heavy atom. The summed E-state index contributed by atoms with van der Waals surface area (Å²) in [5, 5.41) is 3.88. The van der Waals surface area contributed by atoms with Crippen LogP contribution in [-0.2, 0) is 17.6 Å². The minimum atomic E-state index is 0.134. The first-order valence-electron chi connectivity index (χ1n) is 5.74. The summed E-state index contributed by atoms with van der Waals surface area (Å²) in [5.74, 6) is 1.29. The van der Waals surface area contributed by atoms with Crippen LogP contribution in [0.1, 0.15) is 52.3 Å². The van der Waals surface area contributed by atoms with Crippen LogP contribution in [-0.4, -0.2) is 15.9 Å². The predicted molar refractivity (Wildman–Crippen MR) is 61.1 cm³/mol. The molecule has 0 aliphatic carbocycles. The van der Waals surface area contributed by atoms with Gasteiger partial charge in [-0.1, -0.05) is 32.9 Å². The number of ketones is 1. The van der Waals surface area contributed by atoms with Crippen molar-refractivity contribution in [3.05, 3.63) is 11.7 Å². The standard InChI is InChI=1S/C12H20N2O2/c1-5-6-9(15)7-11-13-10(14-16-11)8-12(2,3)4/h5-8H2,1-4H3. The molecule has 1 rings (SSSR count).